The zero-order valence-electron chi connectivity index (χ0n) is 18.0. The maximum atomic E-state index is 13.2. The second-order valence-corrected chi connectivity index (χ2v) is 12.1. The monoisotopic (exact) mass is 386 g/mol. The van der Waals surface area contributed by atoms with Crippen molar-refractivity contribution in [2.24, 2.45) is 39.9 Å². The van der Waals surface area contributed by atoms with Gasteiger partial charge in [0.05, 0.1) is 12.2 Å². The van der Waals surface area contributed by atoms with E-state index >= 15 is 0 Å². The van der Waals surface area contributed by atoms with Gasteiger partial charge in [0.15, 0.2) is 0 Å². The Kier molecular flexibility index (Phi) is 3.57. The minimum absolute atomic E-state index is 0.0246. The molecule has 5 aliphatic carbocycles. The van der Waals surface area contributed by atoms with Crippen LogP contribution in [0.15, 0.2) is 0 Å². The summed E-state index contributed by atoms with van der Waals surface area (Å²) in [6, 6.07) is 0. The summed E-state index contributed by atoms with van der Waals surface area (Å²) >= 11 is 0. The summed E-state index contributed by atoms with van der Waals surface area (Å²) in [5.74, 6) is 3.27. The number of ether oxygens (including phenoxy) is 1. The van der Waals surface area contributed by atoms with Crippen molar-refractivity contribution in [3.8, 4) is 0 Å². The Hall–Kier alpha value is -0.410. The minimum atomic E-state index is -0.168. The number of rotatable bonds is 1. The molecule has 0 unspecified atom stereocenters. The molecule has 1 aliphatic heterocycles. The molecule has 1 spiro atoms. The molecule has 0 radical (unpaired) electrons. The predicted molar refractivity (Wildman–Crippen MR) is 108 cm³/mol. The van der Waals surface area contributed by atoms with E-state index in [2.05, 4.69) is 13.8 Å². The molecule has 6 aliphatic rings. The maximum absolute atomic E-state index is 13.2. The summed E-state index contributed by atoms with van der Waals surface area (Å²) in [6.07, 6.45) is 13.1. The molecular formula is C25H38O3. The van der Waals surface area contributed by atoms with E-state index in [9.17, 15) is 9.90 Å². The molecule has 0 amide bonds. The van der Waals surface area contributed by atoms with Crippen LogP contribution in [0.4, 0.5) is 0 Å². The standard InChI is InChI=1S/C25H38O3/c1-15(26)24-9-5-4-6-16(24)12-20-18-13-21-25(28-21)14-17(27)7-10-23(25,3)19(18)8-11-22(20,24)2/h16-21,27H,4-14H2,1-3H3/t16-,17-,18-,19+,20-,21+,22-,23+,24+,25+/m0/s1. The molecule has 28 heavy (non-hydrogen) atoms. The first-order valence-corrected chi connectivity index (χ1v) is 12.2. The van der Waals surface area contributed by atoms with Crippen molar-refractivity contribution in [2.75, 3.05) is 0 Å². The average Bonchev–Trinajstić information content (AvgIpc) is 3.27. The van der Waals surface area contributed by atoms with Gasteiger partial charge in [0, 0.05) is 17.3 Å². The third-order valence-corrected chi connectivity index (χ3v) is 11.7. The van der Waals surface area contributed by atoms with Crippen LogP contribution in [0.1, 0.15) is 91.4 Å². The van der Waals surface area contributed by atoms with Gasteiger partial charge in [-0.3, -0.25) is 4.79 Å². The van der Waals surface area contributed by atoms with Crippen molar-refractivity contribution < 1.29 is 14.6 Å². The number of aliphatic hydroxyl groups excluding tert-OH is 1. The summed E-state index contributed by atoms with van der Waals surface area (Å²) in [4.78, 5) is 13.2. The molecule has 1 N–H and O–H groups in total. The summed E-state index contributed by atoms with van der Waals surface area (Å²) < 4.78 is 6.48. The number of fused-ring (bicyclic) bond motifs is 6. The van der Waals surface area contributed by atoms with Crippen LogP contribution in [0.2, 0.25) is 0 Å². The van der Waals surface area contributed by atoms with Crippen LogP contribution in [-0.2, 0) is 9.53 Å². The number of aliphatic hydroxyl groups is 1. The van der Waals surface area contributed by atoms with Gasteiger partial charge in [0.1, 0.15) is 11.4 Å². The molecule has 0 bridgehead atoms. The lowest BCUT2D eigenvalue weighted by atomic mass is 9.42. The zero-order chi connectivity index (χ0) is 19.5. The molecule has 0 aromatic carbocycles. The SMILES string of the molecule is CC(=O)[C@]12CCCC[C@H]1C[C@H]1[C@H]3C[C@H]4O[C@]45C[C@@H](O)CC[C@]5(C)[C@@H]3CC[C@@]12C. The maximum Gasteiger partial charge on any atom is 0.136 e. The number of epoxide rings is 1. The molecule has 6 fully saturated rings. The highest BCUT2D eigenvalue weighted by molar-refractivity contribution is 5.84. The molecule has 6 rings (SSSR count). The van der Waals surface area contributed by atoms with Gasteiger partial charge < -0.3 is 9.84 Å². The van der Waals surface area contributed by atoms with Crippen LogP contribution in [-0.4, -0.2) is 28.7 Å². The Morgan fingerprint density at radius 1 is 0.964 bits per heavy atom. The normalized spacial score (nSPS) is 62.0. The van der Waals surface area contributed by atoms with Gasteiger partial charge >= 0.3 is 0 Å². The second-order valence-electron chi connectivity index (χ2n) is 12.1. The third kappa shape index (κ3) is 1.84. The second kappa shape index (κ2) is 5.44. The first kappa shape index (κ1) is 18.4. The number of carbonyl (C=O) groups excluding carboxylic acids is 1. The fraction of sp³-hybridized carbons (Fsp3) is 0.960. The van der Waals surface area contributed by atoms with Gasteiger partial charge in [-0.1, -0.05) is 26.7 Å². The quantitative estimate of drug-likeness (QED) is 0.652. The van der Waals surface area contributed by atoms with Gasteiger partial charge in [-0.2, -0.15) is 0 Å². The third-order valence-electron chi connectivity index (χ3n) is 11.7. The number of ketones is 1. The van der Waals surface area contributed by atoms with E-state index in [0.717, 1.165) is 37.5 Å². The summed E-state index contributed by atoms with van der Waals surface area (Å²) in [7, 11) is 0. The van der Waals surface area contributed by atoms with E-state index in [-0.39, 0.29) is 27.9 Å². The van der Waals surface area contributed by atoms with Crippen LogP contribution < -0.4 is 0 Å². The fourth-order valence-electron chi connectivity index (χ4n) is 10.5. The Bertz CT molecular complexity index is 719. The fourth-order valence-corrected chi connectivity index (χ4v) is 10.5. The molecule has 156 valence electrons. The van der Waals surface area contributed by atoms with E-state index in [1.807, 2.05) is 6.92 Å². The summed E-state index contributed by atoms with van der Waals surface area (Å²) in [5.41, 5.74) is 0.371. The molecular weight excluding hydrogens is 348 g/mol. The highest BCUT2D eigenvalue weighted by atomic mass is 16.6. The number of hydrogen-bond donors (Lipinski definition) is 1. The Morgan fingerprint density at radius 2 is 1.75 bits per heavy atom. The summed E-state index contributed by atoms with van der Waals surface area (Å²) in [5, 5.41) is 10.4. The van der Waals surface area contributed by atoms with Gasteiger partial charge in [-0.05, 0) is 87.4 Å². The van der Waals surface area contributed by atoms with Crippen LogP contribution in [0.3, 0.4) is 0 Å². The molecule has 3 nitrogen and oxygen atoms in total. The van der Waals surface area contributed by atoms with Gasteiger partial charge in [0.2, 0.25) is 0 Å². The van der Waals surface area contributed by atoms with Crippen molar-refractivity contribution >= 4 is 5.78 Å². The lowest BCUT2D eigenvalue weighted by Crippen LogP contribution is -2.60. The van der Waals surface area contributed by atoms with E-state index in [1.165, 1.54) is 44.9 Å². The highest BCUT2D eigenvalue weighted by Gasteiger charge is 2.77. The number of carbonyl (C=O) groups is 1. The topological polar surface area (TPSA) is 49.8 Å². The van der Waals surface area contributed by atoms with Gasteiger partial charge in [0.25, 0.3) is 0 Å². The molecule has 1 heterocycles. The minimum Gasteiger partial charge on any atom is -0.393 e. The van der Waals surface area contributed by atoms with Crippen LogP contribution in [0.5, 0.6) is 0 Å². The first-order chi connectivity index (χ1) is 13.3. The Labute approximate surface area is 170 Å². The molecule has 3 heteroatoms. The number of hydrogen-bond acceptors (Lipinski definition) is 3. The molecule has 5 saturated carbocycles. The predicted octanol–water partition coefficient (Wildman–Crippen LogP) is 4.90. The lowest BCUT2D eigenvalue weighted by Gasteiger charge is -2.61. The smallest absolute Gasteiger partial charge is 0.136 e. The van der Waals surface area contributed by atoms with Gasteiger partial charge in [-0.25, -0.2) is 0 Å². The summed E-state index contributed by atoms with van der Waals surface area (Å²) in [6.45, 7) is 6.93. The highest BCUT2D eigenvalue weighted by Crippen LogP contribution is 2.77. The van der Waals surface area contributed by atoms with Crippen molar-refractivity contribution in [1.82, 2.24) is 0 Å². The van der Waals surface area contributed by atoms with Crippen molar-refractivity contribution in [1.29, 1.82) is 0 Å². The van der Waals surface area contributed by atoms with Crippen molar-refractivity contribution in [3.05, 3.63) is 0 Å². The van der Waals surface area contributed by atoms with E-state index in [1.54, 1.807) is 0 Å². The molecule has 0 aromatic rings. The van der Waals surface area contributed by atoms with E-state index in [0.29, 0.717) is 23.7 Å². The van der Waals surface area contributed by atoms with Gasteiger partial charge in [-0.15, -0.1) is 0 Å². The molecule has 10 atom stereocenters. The van der Waals surface area contributed by atoms with Crippen LogP contribution >= 0.6 is 0 Å². The Morgan fingerprint density at radius 3 is 2.54 bits per heavy atom. The zero-order valence-corrected chi connectivity index (χ0v) is 18.0. The molecule has 0 aromatic heterocycles. The van der Waals surface area contributed by atoms with E-state index < -0.39 is 0 Å². The molecule has 1 saturated heterocycles. The van der Waals surface area contributed by atoms with Crippen LogP contribution in [0.25, 0.3) is 0 Å². The van der Waals surface area contributed by atoms with Crippen molar-refractivity contribution in [3.63, 3.8) is 0 Å². The van der Waals surface area contributed by atoms with Crippen LogP contribution in [0, 0.1) is 39.9 Å². The number of Topliss-reactive ketones (excluding diaryl/α,β-unsaturated/α-hetero) is 1. The lowest BCUT2D eigenvalue weighted by molar-refractivity contribution is -0.154. The first-order valence-electron chi connectivity index (χ1n) is 12.2. The average molecular weight is 387 g/mol. The van der Waals surface area contributed by atoms with E-state index in [4.69, 9.17) is 4.74 Å². The van der Waals surface area contributed by atoms with Crippen molar-refractivity contribution in [2.45, 2.75) is 109 Å². The Balaban J connectivity index is 1.40. The largest absolute Gasteiger partial charge is 0.393 e.